The Morgan fingerprint density at radius 2 is 1.65 bits per heavy atom. The minimum Gasteiger partial charge on any atom is -0.497 e. The molecule has 1 unspecified atom stereocenters. The minimum absolute atomic E-state index is 0.148. The van der Waals surface area contributed by atoms with Gasteiger partial charge in [0.2, 0.25) is 0 Å². The van der Waals surface area contributed by atoms with Crippen LogP contribution in [-0.2, 0) is 30.0 Å². The first kappa shape index (κ1) is 26.0. The van der Waals surface area contributed by atoms with Gasteiger partial charge < -0.3 is 9.26 Å². The maximum atomic E-state index is 14.0. The van der Waals surface area contributed by atoms with E-state index in [1.807, 2.05) is 12.1 Å². The smallest absolute Gasteiger partial charge is 0.279 e. The number of hydrogen-bond donors (Lipinski definition) is 1. The monoisotopic (exact) mass is 517 g/mol. The van der Waals surface area contributed by atoms with Gasteiger partial charge in [-0.05, 0) is 67.6 Å². The zero-order chi connectivity index (χ0) is 24.8. The molecule has 7 nitrogen and oxygen atoms in total. The highest BCUT2D eigenvalue weighted by Gasteiger charge is 2.31. The number of methoxy groups -OCH3 is 1. The summed E-state index contributed by atoms with van der Waals surface area (Å²) in [6, 6.07) is 17.2. The van der Waals surface area contributed by atoms with Crippen LogP contribution in [-0.4, -0.2) is 33.4 Å². The molecule has 10 heteroatoms. The van der Waals surface area contributed by atoms with Crippen LogP contribution in [0.3, 0.4) is 0 Å². The molecule has 0 saturated heterocycles. The number of benzene rings is 2. The van der Waals surface area contributed by atoms with E-state index in [0.717, 1.165) is 11.8 Å². The van der Waals surface area contributed by atoms with Crippen LogP contribution in [0.15, 0.2) is 65.6 Å². The summed E-state index contributed by atoms with van der Waals surface area (Å²) < 4.78 is 52.9. The van der Waals surface area contributed by atoms with Crippen molar-refractivity contribution >= 4 is 40.9 Å². The highest BCUT2D eigenvalue weighted by atomic mass is 32.2. The van der Waals surface area contributed by atoms with Crippen molar-refractivity contribution in [2.24, 2.45) is 0 Å². The van der Waals surface area contributed by atoms with Gasteiger partial charge in [-0.2, -0.15) is 8.42 Å². The molecule has 1 atom stereocenters. The predicted octanol–water partition coefficient (Wildman–Crippen LogP) is 3.52. The third kappa shape index (κ3) is 6.95. The van der Waals surface area contributed by atoms with Gasteiger partial charge in [-0.1, -0.05) is 11.8 Å². The molecule has 178 valence electrons. The highest BCUT2D eigenvalue weighted by Crippen LogP contribution is 2.44. The largest absolute Gasteiger partial charge is 0.497 e. The van der Waals surface area contributed by atoms with Crippen LogP contribution in [0.1, 0.15) is 23.7 Å². The summed E-state index contributed by atoms with van der Waals surface area (Å²) in [6.45, 7) is 1.59. The van der Waals surface area contributed by atoms with Crippen molar-refractivity contribution in [2.75, 3.05) is 20.0 Å². The molecular weight excluding hydrogens is 493 g/mol. The van der Waals surface area contributed by atoms with E-state index in [2.05, 4.69) is 29.5 Å². The number of thiol groups is 1. The second kappa shape index (κ2) is 11.2. The van der Waals surface area contributed by atoms with Gasteiger partial charge in [-0.3, -0.25) is 8.75 Å². The molecule has 34 heavy (non-hydrogen) atoms. The molecule has 3 aromatic rings. The Bertz CT molecular complexity index is 1360. The number of hydrogen-bond acceptors (Lipinski definition) is 8. The zero-order valence-corrected chi connectivity index (χ0v) is 21.5. The molecule has 1 heterocycles. The quantitative estimate of drug-likeness (QED) is 0.212. The average molecular weight is 518 g/mol. The number of pyridine rings is 1. The van der Waals surface area contributed by atoms with Crippen LogP contribution in [0.2, 0.25) is 0 Å². The van der Waals surface area contributed by atoms with Crippen molar-refractivity contribution in [3.8, 4) is 17.6 Å². The molecule has 0 fully saturated rings. The maximum absolute atomic E-state index is 14.0. The van der Waals surface area contributed by atoms with E-state index in [9.17, 15) is 13.0 Å². The fourth-order valence-corrected chi connectivity index (χ4v) is 5.46. The Hall–Kier alpha value is -2.60. The van der Waals surface area contributed by atoms with Crippen LogP contribution in [0.25, 0.3) is 0 Å². The van der Waals surface area contributed by atoms with Crippen molar-refractivity contribution in [3.05, 3.63) is 77.5 Å². The summed E-state index contributed by atoms with van der Waals surface area (Å²) in [4.78, 5) is 5.13. The molecule has 0 radical (unpaired) electrons. The van der Waals surface area contributed by atoms with Gasteiger partial charge in [0.15, 0.2) is 0 Å². The molecule has 0 saturated carbocycles. The molecule has 0 aliphatic carbocycles. The molecule has 3 rings (SSSR count). The topological polar surface area (TPSA) is 91.8 Å². The van der Waals surface area contributed by atoms with Crippen LogP contribution >= 0.6 is 20.0 Å². The van der Waals surface area contributed by atoms with Gasteiger partial charge in [0.05, 0.1) is 25.7 Å². The van der Waals surface area contributed by atoms with E-state index < -0.39 is 17.5 Å². The molecular formula is C24H24NO6PS2. The minimum atomic E-state index is -3.71. The van der Waals surface area contributed by atoms with Gasteiger partial charge in [0.1, 0.15) is 17.8 Å². The first-order valence-corrected chi connectivity index (χ1v) is 14.1. The number of ether oxygens (including phenoxy) is 1. The summed E-state index contributed by atoms with van der Waals surface area (Å²) in [5, 5.41) is 0.440. The van der Waals surface area contributed by atoms with Crippen LogP contribution in [0.4, 0.5) is 0 Å². The summed E-state index contributed by atoms with van der Waals surface area (Å²) >= 11 is 4.28. The summed E-state index contributed by atoms with van der Waals surface area (Å²) in [5.41, 5.74) is 1.63. The first-order valence-electron chi connectivity index (χ1n) is 10.2. The van der Waals surface area contributed by atoms with Crippen molar-refractivity contribution in [1.29, 1.82) is 0 Å². The molecule has 1 aromatic heterocycles. The van der Waals surface area contributed by atoms with E-state index >= 15 is 0 Å². The van der Waals surface area contributed by atoms with E-state index in [-0.39, 0.29) is 24.3 Å². The average Bonchev–Trinajstić information content (AvgIpc) is 2.81. The molecule has 0 aliphatic heterocycles. The predicted molar refractivity (Wildman–Crippen MR) is 135 cm³/mol. The molecule has 0 bridgehead atoms. The highest BCUT2D eigenvalue weighted by molar-refractivity contribution is 7.85. The van der Waals surface area contributed by atoms with Gasteiger partial charge in [0.25, 0.3) is 17.5 Å². The third-order valence-corrected chi connectivity index (χ3v) is 7.81. The van der Waals surface area contributed by atoms with Crippen LogP contribution in [0.5, 0.6) is 5.75 Å². The lowest BCUT2D eigenvalue weighted by molar-refractivity contribution is 0.307. The Balaban J connectivity index is 2.10. The van der Waals surface area contributed by atoms with Crippen molar-refractivity contribution < 1.29 is 26.4 Å². The Morgan fingerprint density at radius 3 is 2.24 bits per heavy atom. The van der Waals surface area contributed by atoms with Crippen LogP contribution < -0.4 is 15.5 Å². The summed E-state index contributed by atoms with van der Waals surface area (Å²) in [7, 11) is -5.73. The van der Waals surface area contributed by atoms with Crippen molar-refractivity contribution in [1.82, 2.24) is 4.98 Å². The maximum Gasteiger partial charge on any atom is 0.279 e. The lowest BCUT2D eigenvalue weighted by atomic mass is 10.2. The fourth-order valence-electron chi connectivity index (χ4n) is 2.96. The Morgan fingerprint density at radius 1 is 1.00 bits per heavy atom. The standard InChI is InChI=1S/C24H24NO6PS2/c1-4-30-32(26,22-11-13-23(33)14-12-22)24-16-19(15-20(25-24)17-31-34(3,27)28)6-5-18-7-9-21(29-2)10-8-18/h7-16,33H,4,17H2,1-3H3. The lowest BCUT2D eigenvalue weighted by Gasteiger charge is -2.19. The van der Waals surface area contributed by atoms with Crippen LogP contribution in [0, 0.1) is 11.8 Å². The number of rotatable bonds is 8. The van der Waals surface area contributed by atoms with Crippen molar-refractivity contribution in [2.45, 2.75) is 18.4 Å². The van der Waals surface area contributed by atoms with Gasteiger partial charge >= 0.3 is 0 Å². The Kier molecular flexibility index (Phi) is 8.58. The Labute approximate surface area is 205 Å². The molecule has 0 amide bonds. The summed E-state index contributed by atoms with van der Waals surface area (Å²) in [6.07, 6.45) is 0.950. The zero-order valence-electron chi connectivity index (χ0n) is 18.9. The molecule has 0 N–H and O–H groups in total. The molecule has 0 aliphatic rings. The van der Waals surface area contributed by atoms with E-state index in [1.165, 1.54) is 0 Å². The molecule has 2 aromatic carbocycles. The second-order valence-electron chi connectivity index (χ2n) is 7.14. The molecule has 0 spiro atoms. The van der Waals surface area contributed by atoms with E-state index in [4.69, 9.17) is 13.4 Å². The van der Waals surface area contributed by atoms with Gasteiger partial charge in [-0.25, -0.2) is 4.98 Å². The normalized spacial score (nSPS) is 12.9. The number of aromatic nitrogens is 1. The third-order valence-electron chi connectivity index (χ3n) is 4.53. The van der Waals surface area contributed by atoms with Crippen molar-refractivity contribution in [3.63, 3.8) is 0 Å². The number of nitrogens with zero attached hydrogens (tertiary/aromatic N) is 1. The second-order valence-corrected chi connectivity index (χ2v) is 11.6. The van der Waals surface area contributed by atoms with Gasteiger partial charge in [-0.15, -0.1) is 12.6 Å². The van der Waals surface area contributed by atoms with E-state index in [0.29, 0.717) is 21.5 Å². The fraction of sp³-hybridized carbons (Fsp3) is 0.208. The summed E-state index contributed by atoms with van der Waals surface area (Å²) in [5.74, 6) is 6.77. The van der Waals surface area contributed by atoms with E-state index in [1.54, 1.807) is 62.6 Å². The SMILES string of the molecule is CCOP(=O)(c1ccc(S)cc1)c1cc(C#Cc2ccc(OC)cc2)cc(COS(C)(=O)=O)n1. The first-order chi connectivity index (χ1) is 16.1. The lowest BCUT2D eigenvalue weighted by Crippen LogP contribution is -2.23. The van der Waals surface area contributed by atoms with Gasteiger partial charge in [0, 0.05) is 21.3 Å².